The molecular weight excluding hydrogens is 949 g/mol. The molecule has 442 valence electrons. The maximum atomic E-state index is 12.9. The van der Waals surface area contributed by atoms with Crippen LogP contribution in [-0.4, -0.2) is 37.2 Å². The van der Waals surface area contributed by atoms with Crippen molar-refractivity contribution in [2.75, 3.05) is 13.2 Å². The Balaban J connectivity index is 4.40. The van der Waals surface area contributed by atoms with Gasteiger partial charge in [-0.1, -0.05) is 272 Å². The van der Waals surface area contributed by atoms with E-state index in [1.807, 2.05) is 0 Å². The largest absolute Gasteiger partial charge is 0.462 e. The fourth-order valence-corrected chi connectivity index (χ4v) is 9.14. The van der Waals surface area contributed by atoms with Gasteiger partial charge in [-0.05, 0) is 122 Å². The van der Waals surface area contributed by atoms with E-state index in [4.69, 9.17) is 14.2 Å². The number of carbonyl (C=O) groups is 3. The van der Waals surface area contributed by atoms with Crippen molar-refractivity contribution in [3.8, 4) is 0 Å². The Morgan fingerprint density at radius 2 is 0.506 bits per heavy atom. The highest BCUT2D eigenvalue weighted by molar-refractivity contribution is 5.71. The first-order valence-electron chi connectivity index (χ1n) is 32.7. The first-order valence-corrected chi connectivity index (χ1v) is 32.7. The fourth-order valence-electron chi connectivity index (χ4n) is 9.14. The number of hydrogen-bond acceptors (Lipinski definition) is 6. The summed E-state index contributed by atoms with van der Waals surface area (Å²) < 4.78 is 16.9. The highest BCUT2D eigenvalue weighted by atomic mass is 16.6. The molecule has 0 bridgehead atoms. The van der Waals surface area contributed by atoms with Crippen LogP contribution in [-0.2, 0) is 28.6 Å². The molecule has 0 N–H and O–H groups in total. The number of unbranched alkanes of at least 4 members (excludes halogenated alkanes) is 32. The Bertz CT molecular complexity index is 1510. The SMILES string of the molecule is CC/C=C\C/C=C\C/C=C\C/C=C\CCCCCCCCC(=O)OC(COC(=O)CCCCCCCCC/C=C\C/C=C\CCCCC)COC(=O)CCCCCCCCCCCCC/C=C\C/C=C\CCCCCCC. The van der Waals surface area contributed by atoms with E-state index < -0.39 is 6.10 Å². The molecule has 0 spiro atoms. The minimum atomic E-state index is -0.792. The van der Waals surface area contributed by atoms with Crippen molar-refractivity contribution >= 4 is 17.9 Å². The van der Waals surface area contributed by atoms with Crippen LogP contribution < -0.4 is 0 Å². The van der Waals surface area contributed by atoms with Crippen LogP contribution in [0.2, 0.25) is 0 Å². The molecule has 0 aliphatic rings. The molecule has 0 saturated heterocycles. The molecule has 6 nitrogen and oxygen atoms in total. The van der Waals surface area contributed by atoms with Crippen LogP contribution >= 0.6 is 0 Å². The maximum Gasteiger partial charge on any atom is 0.306 e. The number of rotatable bonds is 59. The first kappa shape index (κ1) is 73.3. The summed E-state index contributed by atoms with van der Waals surface area (Å²) in [4.78, 5) is 38.4. The van der Waals surface area contributed by atoms with Crippen molar-refractivity contribution in [1.82, 2.24) is 0 Å². The highest BCUT2D eigenvalue weighted by Crippen LogP contribution is 2.16. The average Bonchev–Trinajstić information content (AvgIpc) is 3.43. The summed E-state index contributed by atoms with van der Waals surface area (Å²) in [5.41, 5.74) is 0. The Hall–Kier alpha value is -3.67. The van der Waals surface area contributed by atoms with E-state index in [9.17, 15) is 14.4 Å². The van der Waals surface area contributed by atoms with Gasteiger partial charge in [0.25, 0.3) is 0 Å². The molecule has 0 aromatic rings. The van der Waals surface area contributed by atoms with Crippen LogP contribution in [0.5, 0.6) is 0 Å². The van der Waals surface area contributed by atoms with Crippen LogP contribution in [0.25, 0.3) is 0 Å². The molecular formula is C71H122O6. The predicted octanol–water partition coefficient (Wildman–Crippen LogP) is 22.4. The highest BCUT2D eigenvalue weighted by Gasteiger charge is 2.19. The number of esters is 3. The van der Waals surface area contributed by atoms with Crippen LogP contribution in [0.15, 0.2) is 97.2 Å². The van der Waals surface area contributed by atoms with Gasteiger partial charge in [0.15, 0.2) is 6.10 Å². The second-order valence-corrected chi connectivity index (χ2v) is 21.6. The summed E-state index contributed by atoms with van der Waals surface area (Å²) in [6.07, 6.45) is 86.9. The minimum Gasteiger partial charge on any atom is -0.462 e. The molecule has 1 atom stereocenters. The molecule has 0 heterocycles. The predicted molar refractivity (Wildman–Crippen MR) is 334 cm³/mol. The summed E-state index contributed by atoms with van der Waals surface area (Å²) in [5.74, 6) is -0.900. The van der Waals surface area contributed by atoms with Gasteiger partial charge in [0.2, 0.25) is 0 Å². The van der Waals surface area contributed by atoms with E-state index in [-0.39, 0.29) is 31.1 Å². The summed E-state index contributed by atoms with van der Waals surface area (Å²) in [6, 6.07) is 0. The fraction of sp³-hybridized carbons (Fsp3) is 0.732. The van der Waals surface area contributed by atoms with E-state index in [1.165, 1.54) is 161 Å². The molecule has 77 heavy (non-hydrogen) atoms. The molecule has 0 aromatic carbocycles. The third-order valence-corrected chi connectivity index (χ3v) is 14.0. The van der Waals surface area contributed by atoms with E-state index in [0.29, 0.717) is 19.3 Å². The molecule has 0 aromatic heterocycles. The van der Waals surface area contributed by atoms with Gasteiger partial charge in [-0.15, -0.1) is 0 Å². The zero-order chi connectivity index (χ0) is 55.7. The lowest BCUT2D eigenvalue weighted by Gasteiger charge is -2.18. The van der Waals surface area contributed by atoms with Crippen molar-refractivity contribution in [3.63, 3.8) is 0 Å². The molecule has 6 heteroatoms. The summed E-state index contributed by atoms with van der Waals surface area (Å²) >= 11 is 0. The van der Waals surface area contributed by atoms with Gasteiger partial charge >= 0.3 is 17.9 Å². The van der Waals surface area contributed by atoms with Gasteiger partial charge in [0.1, 0.15) is 13.2 Å². The molecule has 0 aliphatic carbocycles. The third-order valence-electron chi connectivity index (χ3n) is 14.0. The topological polar surface area (TPSA) is 78.9 Å². The van der Waals surface area contributed by atoms with Gasteiger partial charge in [0.05, 0.1) is 0 Å². The number of allylic oxidation sites excluding steroid dienone is 16. The van der Waals surface area contributed by atoms with E-state index in [1.54, 1.807) is 0 Å². The Kier molecular flexibility index (Phi) is 61.8. The number of ether oxygens (including phenoxy) is 3. The van der Waals surface area contributed by atoms with Crippen LogP contribution in [0.1, 0.15) is 316 Å². The zero-order valence-electron chi connectivity index (χ0n) is 50.7. The molecule has 0 fully saturated rings. The van der Waals surface area contributed by atoms with E-state index in [0.717, 1.165) is 116 Å². The lowest BCUT2D eigenvalue weighted by Crippen LogP contribution is -2.30. The molecule has 0 aliphatic heterocycles. The molecule has 0 amide bonds. The second kappa shape index (κ2) is 64.9. The lowest BCUT2D eigenvalue weighted by molar-refractivity contribution is -0.167. The van der Waals surface area contributed by atoms with Crippen LogP contribution in [0.4, 0.5) is 0 Å². The van der Waals surface area contributed by atoms with Gasteiger partial charge in [-0.2, -0.15) is 0 Å². The second-order valence-electron chi connectivity index (χ2n) is 21.6. The zero-order valence-corrected chi connectivity index (χ0v) is 50.7. The maximum absolute atomic E-state index is 12.9. The van der Waals surface area contributed by atoms with Crippen molar-refractivity contribution in [3.05, 3.63) is 97.2 Å². The normalized spacial score (nSPS) is 12.7. The minimum absolute atomic E-state index is 0.0866. The first-order chi connectivity index (χ1) is 38.0. The molecule has 1 unspecified atom stereocenters. The smallest absolute Gasteiger partial charge is 0.306 e. The molecule has 0 rings (SSSR count). The Morgan fingerprint density at radius 3 is 0.818 bits per heavy atom. The average molecular weight is 1070 g/mol. The Morgan fingerprint density at radius 1 is 0.273 bits per heavy atom. The Labute approximate surface area is 477 Å². The van der Waals surface area contributed by atoms with Crippen LogP contribution in [0.3, 0.4) is 0 Å². The van der Waals surface area contributed by atoms with E-state index >= 15 is 0 Å². The monoisotopic (exact) mass is 1070 g/mol. The van der Waals surface area contributed by atoms with Gasteiger partial charge in [0, 0.05) is 19.3 Å². The number of carbonyl (C=O) groups excluding carboxylic acids is 3. The lowest BCUT2D eigenvalue weighted by atomic mass is 10.0. The standard InChI is InChI=1S/C71H122O6/c1-4-7-10-13-16-19-22-25-28-31-33-34-35-36-38-40-43-46-49-52-55-58-61-64-70(73)76-67-68(66-75-69(72)63-60-57-54-51-48-45-42-39-30-27-24-21-18-15-12-9-6-3)77-71(74)65-62-59-56-53-50-47-44-41-37-32-29-26-23-20-17-14-11-8-5-2/h8,11,17-18,20-22,25-27,29-31,33,37,41,68H,4-7,9-10,12-16,19,23-24,28,32,34-36,38-40,42-67H2,1-3H3/b11-8-,20-17-,21-18-,25-22-,29-26-,30-27-,33-31-,41-37-. The summed E-state index contributed by atoms with van der Waals surface area (Å²) in [7, 11) is 0. The van der Waals surface area contributed by atoms with Crippen molar-refractivity contribution in [1.29, 1.82) is 0 Å². The number of hydrogen-bond donors (Lipinski definition) is 0. The van der Waals surface area contributed by atoms with Gasteiger partial charge in [-0.3, -0.25) is 14.4 Å². The molecule has 0 saturated carbocycles. The summed E-state index contributed by atoms with van der Waals surface area (Å²) in [5, 5.41) is 0. The van der Waals surface area contributed by atoms with Gasteiger partial charge in [-0.25, -0.2) is 0 Å². The van der Waals surface area contributed by atoms with Crippen molar-refractivity contribution < 1.29 is 28.6 Å². The van der Waals surface area contributed by atoms with Crippen LogP contribution in [0, 0.1) is 0 Å². The van der Waals surface area contributed by atoms with Crippen molar-refractivity contribution in [2.24, 2.45) is 0 Å². The van der Waals surface area contributed by atoms with Crippen molar-refractivity contribution in [2.45, 2.75) is 322 Å². The summed E-state index contributed by atoms with van der Waals surface area (Å²) in [6.45, 7) is 6.50. The molecule has 0 radical (unpaired) electrons. The quantitative estimate of drug-likeness (QED) is 0.0261. The third kappa shape index (κ3) is 63.0. The van der Waals surface area contributed by atoms with Gasteiger partial charge < -0.3 is 14.2 Å². The van der Waals surface area contributed by atoms with E-state index in [2.05, 4.69) is 118 Å².